The van der Waals surface area contributed by atoms with Gasteiger partial charge in [0.2, 0.25) is 17.8 Å². The normalized spacial score (nSPS) is 24.4. The fourth-order valence-electron chi connectivity index (χ4n) is 5.95. The Labute approximate surface area is 216 Å². The van der Waals surface area contributed by atoms with Gasteiger partial charge in [0.1, 0.15) is 23.6 Å². The van der Waals surface area contributed by atoms with Crippen LogP contribution >= 0.6 is 0 Å². The molecule has 10 nitrogen and oxygen atoms in total. The van der Waals surface area contributed by atoms with Crippen molar-refractivity contribution in [2.75, 3.05) is 56.2 Å². The number of aromatic nitrogens is 2. The van der Waals surface area contributed by atoms with Gasteiger partial charge in [-0.2, -0.15) is 4.98 Å². The molecule has 1 atom stereocenters. The Morgan fingerprint density at radius 1 is 1.14 bits per heavy atom. The average molecular weight is 507 g/mol. The number of hydrogen-bond donors (Lipinski definition) is 2. The number of ether oxygens (including phenoxy) is 2. The van der Waals surface area contributed by atoms with Crippen molar-refractivity contribution in [3.63, 3.8) is 0 Å². The summed E-state index contributed by atoms with van der Waals surface area (Å²) in [5.41, 5.74) is 0.672. The molecule has 3 fully saturated rings. The maximum absolute atomic E-state index is 13.8. The van der Waals surface area contributed by atoms with Gasteiger partial charge >= 0.3 is 0 Å². The number of nitrogens with zero attached hydrogens (tertiary/aromatic N) is 4. The lowest BCUT2D eigenvalue weighted by atomic mass is 9.76. The van der Waals surface area contributed by atoms with Crippen LogP contribution < -0.4 is 20.3 Å². The summed E-state index contributed by atoms with van der Waals surface area (Å²) in [6, 6.07) is 7.80. The Hall–Kier alpha value is -3.24. The molecule has 0 bridgehead atoms. The lowest BCUT2D eigenvalue weighted by Crippen LogP contribution is -2.56. The second-order valence-corrected chi connectivity index (χ2v) is 10.4. The lowest BCUT2D eigenvalue weighted by molar-refractivity contribution is -0.140. The first-order valence-corrected chi connectivity index (χ1v) is 13.4. The minimum atomic E-state index is -1.02. The first-order valence-electron chi connectivity index (χ1n) is 13.4. The molecule has 0 radical (unpaired) electrons. The van der Waals surface area contributed by atoms with E-state index in [-0.39, 0.29) is 17.9 Å². The molecule has 0 unspecified atom stereocenters. The molecule has 2 amide bonds. The van der Waals surface area contributed by atoms with E-state index in [0.717, 1.165) is 75.5 Å². The highest BCUT2D eigenvalue weighted by Gasteiger charge is 2.56. The first-order chi connectivity index (χ1) is 18.1. The monoisotopic (exact) mass is 506 g/mol. The number of nitrogens with one attached hydrogen (secondary N) is 2. The zero-order chi connectivity index (χ0) is 25.2. The Bertz CT molecular complexity index is 1150. The second-order valence-electron chi connectivity index (χ2n) is 10.4. The van der Waals surface area contributed by atoms with Crippen molar-refractivity contribution in [3.05, 3.63) is 36.0 Å². The Morgan fingerprint density at radius 3 is 2.65 bits per heavy atom. The van der Waals surface area contributed by atoms with E-state index in [9.17, 15) is 9.59 Å². The molecule has 2 aromatic rings. The minimum absolute atomic E-state index is 0.0773. The molecular weight excluding hydrogens is 472 g/mol. The summed E-state index contributed by atoms with van der Waals surface area (Å²) in [6.07, 6.45) is 6.68. The fourth-order valence-corrected chi connectivity index (χ4v) is 5.95. The molecule has 10 heteroatoms. The van der Waals surface area contributed by atoms with Gasteiger partial charge in [-0.25, -0.2) is 4.98 Å². The number of carbonyl (C=O) groups excluding carboxylic acids is 2. The van der Waals surface area contributed by atoms with Crippen molar-refractivity contribution >= 4 is 29.3 Å². The van der Waals surface area contributed by atoms with Gasteiger partial charge in [0.15, 0.2) is 0 Å². The molecule has 1 aliphatic carbocycles. The summed E-state index contributed by atoms with van der Waals surface area (Å²) in [5, 5.41) is 6.14. The van der Waals surface area contributed by atoms with E-state index in [1.54, 1.807) is 6.20 Å². The average Bonchev–Trinajstić information content (AvgIpc) is 3.58. The highest BCUT2D eigenvalue weighted by Crippen LogP contribution is 2.44. The van der Waals surface area contributed by atoms with Crippen LogP contribution in [0.25, 0.3) is 0 Å². The third-order valence-corrected chi connectivity index (χ3v) is 8.04. The van der Waals surface area contributed by atoms with Crippen LogP contribution in [0.1, 0.15) is 37.7 Å². The van der Waals surface area contributed by atoms with E-state index in [2.05, 4.69) is 20.5 Å². The number of fused-ring (bicyclic) bond motifs is 1. The Kier molecular flexibility index (Phi) is 6.69. The summed E-state index contributed by atoms with van der Waals surface area (Å²) < 4.78 is 11.3. The quantitative estimate of drug-likeness (QED) is 0.551. The summed E-state index contributed by atoms with van der Waals surface area (Å²) >= 11 is 0. The Morgan fingerprint density at radius 2 is 1.92 bits per heavy atom. The molecule has 196 valence electrons. The highest BCUT2D eigenvalue weighted by atomic mass is 16.5. The number of amides is 2. The van der Waals surface area contributed by atoms with Crippen molar-refractivity contribution < 1.29 is 19.1 Å². The molecular formula is C27H34N6O4. The van der Waals surface area contributed by atoms with Crippen molar-refractivity contribution in [3.8, 4) is 5.75 Å². The van der Waals surface area contributed by atoms with E-state index in [4.69, 9.17) is 14.5 Å². The van der Waals surface area contributed by atoms with Gasteiger partial charge in [-0.1, -0.05) is 12.8 Å². The number of carbonyl (C=O) groups is 2. The van der Waals surface area contributed by atoms with Crippen molar-refractivity contribution in [2.24, 2.45) is 5.41 Å². The van der Waals surface area contributed by atoms with Crippen LogP contribution in [0.15, 0.2) is 30.5 Å². The van der Waals surface area contributed by atoms with Crippen molar-refractivity contribution in [2.45, 2.75) is 44.6 Å². The summed E-state index contributed by atoms with van der Waals surface area (Å²) in [7, 11) is 0. The van der Waals surface area contributed by atoms with E-state index >= 15 is 0 Å². The van der Waals surface area contributed by atoms with E-state index in [1.165, 1.54) is 0 Å². The maximum Gasteiger partial charge on any atom is 0.244 e. The molecule has 6 rings (SSSR count). The van der Waals surface area contributed by atoms with Gasteiger partial charge in [-0.05, 0) is 43.5 Å². The Balaban J connectivity index is 1.16. The highest BCUT2D eigenvalue weighted by molar-refractivity contribution is 6.14. The summed E-state index contributed by atoms with van der Waals surface area (Å²) in [5.74, 6) is 1.61. The zero-order valence-electron chi connectivity index (χ0n) is 21.1. The van der Waals surface area contributed by atoms with Crippen molar-refractivity contribution in [1.29, 1.82) is 0 Å². The standard InChI is InChI=1S/C27H34N6O4/c34-24-27(9-10-28-24)17-19-18-29-26(31-23(19)33(25(27)35)21-3-1-2-4-21)30-20-5-7-22(8-6-20)37-16-13-32-11-14-36-15-12-32/h5-8,18,21H,1-4,9-17H2,(H,28,34)(H,29,30,31)/t27-/m1/s1. The van der Waals surface area contributed by atoms with E-state index < -0.39 is 5.41 Å². The number of benzene rings is 1. The third kappa shape index (κ3) is 4.75. The second kappa shape index (κ2) is 10.3. The van der Waals surface area contributed by atoms with Gasteiger partial charge in [0, 0.05) is 56.1 Å². The molecule has 4 heterocycles. The molecule has 37 heavy (non-hydrogen) atoms. The molecule has 2 saturated heterocycles. The molecule has 1 aromatic heterocycles. The largest absolute Gasteiger partial charge is 0.492 e. The fraction of sp³-hybridized carbons (Fsp3) is 0.556. The van der Waals surface area contributed by atoms with Crippen LogP contribution in [0, 0.1) is 5.41 Å². The third-order valence-electron chi connectivity index (χ3n) is 8.04. The number of rotatable bonds is 7. The van der Waals surface area contributed by atoms with Crippen LogP contribution in [0.3, 0.4) is 0 Å². The van der Waals surface area contributed by atoms with Crippen LogP contribution in [-0.4, -0.2) is 78.7 Å². The number of anilines is 3. The van der Waals surface area contributed by atoms with Gasteiger partial charge in [0.25, 0.3) is 0 Å². The van der Waals surface area contributed by atoms with Gasteiger partial charge < -0.3 is 20.1 Å². The van der Waals surface area contributed by atoms with E-state index in [1.807, 2.05) is 29.2 Å². The molecule has 2 N–H and O–H groups in total. The lowest BCUT2D eigenvalue weighted by Gasteiger charge is -2.40. The molecule has 1 spiro atoms. The summed E-state index contributed by atoms with van der Waals surface area (Å²) in [6.45, 7) is 5.51. The van der Waals surface area contributed by atoms with Crippen LogP contribution in [0.4, 0.5) is 17.5 Å². The molecule has 3 aliphatic heterocycles. The van der Waals surface area contributed by atoms with Crippen LogP contribution in [0.2, 0.25) is 0 Å². The predicted octanol–water partition coefficient (Wildman–Crippen LogP) is 2.27. The smallest absolute Gasteiger partial charge is 0.244 e. The van der Waals surface area contributed by atoms with Gasteiger partial charge in [-0.15, -0.1) is 0 Å². The van der Waals surface area contributed by atoms with Gasteiger partial charge in [0.05, 0.1) is 13.2 Å². The first kappa shape index (κ1) is 24.1. The minimum Gasteiger partial charge on any atom is -0.492 e. The molecule has 1 aromatic carbocycles. The molecule has 1 saturated carbocycles. The number of hydrogen-bond acceptors (Lipinski definition) is 8. The topological polar surface area (TPSA) is 109 Å². The molecule has 4 aliphatic rings. The van der Waals surface area contributed by atoms with E-state index in [0.29, 0.717) is 37.8 Å². The van der Waals surface area contributed by atoms with Gasteiger partial charge in [-0.3, -0.25) is 19.4 Å². The van der Waals surface area contributed by atoms with Crippen molar-refractivity contribution in [1.82, 2.24) is 20.2 Å². The van der Waals surface area contributed by atoms with Crippen LogP contribution in [-0.2, 0) is 20.7 Å². The summed E-state index contributed by atoms with van der Waals surface area (Å²) in [4.78, 5) is 40.0. The number of morpholine rings is 1. The predicted molar refractivity (Wildman–Crippen MR) is 138 cm³/mol. The zero-order valence-corrected chi connectivity index (χ0v) is 21.1. The van der Waals surface area contributed by atoms with Crippen LogP contribution in [0.5, 0.6) is 5.75 Å². The SMILES string of the molecule is O=C1NCC[C@@]12Cc1cnc(Nc3ccc(OCCN4CCOCC4)cc3)nc1N(C1CCCC1)C2=O. The maximum atomic E-state index is 13.8.